The van der Waals surface area contributed by atoms with Crippen LogP contribution in [0, 0.1) is 0 Å². The molecule has 1 aromatic carbocycles. The zero-order valence-corrected chi connectivity index (χ0v) is 9.21. The molecule has 1 amide bonds. The summed E-state index contributed by atoms with van der Waals surface area (Å²) in [5.74, 6) is -0.401. The minimum atomic E-state index is -4.38. The third kappa shape index (κ3) is 3.74. The summed E-state index contributed by atoms with van der Waals surface area (Å²) < 4.78 is 37.3. The quantitative estimate of drug-likeness (QED) is 0.845. The molecule has 0 bridgehead atoms. The number of hydrogen-bond donors (Lipinski definition) is 2. The van der Waals surface area contributed by atoms with Crippen molar-refractivity contribution < 1.29 is 18.0 Å². The molecule has 0 fully saturated rings. The second-order valence-corrected chi connectivity index (χ2v) is 3.62. The average molecular weight is 246 g/mol. The van der Waals surface area contributed by atoms with Crippen molar-refractivity contribution in [2.75, 3.05) is 7.05 Å². The number of rotatable bonds is 3. The second-order valence-electron chi connectivity index (χ2n) is 3.62. The van der Waals surface area contributed by atoms with Gasteiger partial charge in [-0.15, -0.1) is 0 Å². The number of benzene rings is 1. The normalized spacial score (nSPS) is 13.2. The number of alkyl halides is 3. The predicted octanol–water partition coefficient (Wildman–Crippen LogP) is 1.32. The summed E-state index contributed by atoms with van der Waals surface area (Å²) in [6.07, 6.45) is -4.31. The van der Waals surface area contributed by atoms with Crippen LogP contribution < -0.4 is 11.1 Å². The van der Waals surface area contributed by atoms with Gasteiger partial charge in [0, 0.05) is 7.05 Å². The van der Waals surface area contributed by atoms with E-state index >= 15 is 0 Å². The van der Waals surface area contributed by atoms with Crippen molar-refractivity contribution >= 4 is 5.91 Å². The van der Waals surface area contributed by atoms with Crippen LogP contribution in [0.1, 0.15) is 11.1 Å². The van der Waals surface area contributed by atoms with Gasteiger partial charge in [0.2, 0.25) is 5.91 Å². The Morgan fingerprint density at radius 3 is 2.65 bits per heavy atom. The molecule has 0 unspecified atom stereocenters. The maximum Gasteiger partial charge on any atom is 0.416 e. The Bertz CT molecular complexity index is 404. The van der Waals surface area contributed by atoms with Crippen LogP contribution in [0.5, 0.6) is 0 Å². The van der Waals surface area contributed by atoms with Gasteiger partial charge in [-0.25, -0.2) is 0 Å². The van der Waals surface area contributed by atoms with Crippen molar-refractivity contribution in [2.45, 2.75) is 18.6 Å². The van der Waals surface area contributed by atoms with Gasteiger partial charge in [0.1, 0.15) is 0 Å². The number of nitrogens with one attached hydrogen (secondary N) is 1. The zero-order valence-electron chi connectivity index (χ0n) is 9.21. The lowest BCUT2D eigenvalue weighted by Crippen LogP contribution is -2.40. The van der Waals surface area contributed by atoms with Gasteiger partial charge in [0.15, 0.2) is 0 Å². The first-order chi connectivity index (χ1) is 7.84. The highest BCUT2D eigenvalue weighted by molar-refractivity contribution is 5.81. The number of carbonyl (C=O) groups excluding carboxylic acids is 1. The monoisotopic (exact) mass is 246 g/mol. The van der Waals surface area contributed by atoms with Crippen molar-refractivity contribution in [1.82, 2.24) is 5.32 Å². The molecule has 94 valence electrons. The number of carbonyl (C=O) groups is 1. The standard InChI is InChI=1S/C11H13F3N2O/c1-16-10(17)9(15)6-7-3-2-4-8(5-7)11(12,13)14/h2-5,9H,6,15H2,1H3,(H,16,17)/t9-/m1/s1. The molecule has 0 saturated heterocycles. The number of amides is 1. The maximum atomic E-state index is 12.4. The first-order valence-electron chi connectivity index (χ1n) is 4.98. The van der Waals surface area contributed by atoms with E-state index in [4.69, 9.17) is 5.73 Å². The predicted molar refractivity (Wildman–Crippen MR) is 57.2 cm³/mol. The molecule has 0 spiro atoms. The van der Waals surface area contributed by atoms with Crippen LogP contribution in [0.3, 0.4) is 0 Å². The lowest BCUT2D eigenvalue weighted by molar-refractivity contribution is -0.137. The molecule has 3 nitrogen and oxygen atoms in total. The highest BCUT2D eigenvalue weighted by Gasteiger charge is 2.30. The molecule has 1 rings (SSSR count). The van der Waals surface area contributed by atoms with Gasteiger partial charge in [-0.3, -0.25) is 4.79 Å². The van der Waals surface area contributed by atoms with Gasteiger partial charge < -0.3 is 11.1 Å². The number of nitrogens with two attached hydrogens (primary N) is 1. The lowest BCUT2D eigenvalue weighted by atomic mass is 10.0. The van der Waals surface area contributed by atoms with Gasteiger partial charge in [-0.1, -0.05) is 18.2 Å². The van der Waals surface area contributed by atoms with Gasteiger partial charge in [0.25, 0.3) is 0 Å². The largest absolute Gasteiger partial charge is 0.416 e. The fourth-order valence-electron chi connectivity index (χ4n) is 1.41. The SMILES string of the molecule is CNC(=O)[C@H](N)Cc1cccc(C(F)(F)F)c1. The fourth-order valence-corrected chi connectivity index (χ4v) is 1.41. The molecule has 0 aliphatic rings. The van der Waals surface area contributed by atoms with Crippen molar-refractivity contribution in [2.24, 2.45) is 5.73 Å². The molecular formula is C11H13F3N2O. The van der Waals surface area contributed by atoms with Crippen molar-refractivity contribution in [3.8, 4) is 0 Å². The van der Waals surface area contributed by atoms with E-state index in [2.05, 4.69) is 5.32 Å². The summed E-state index contributed by atoms with van der Waals surface area (Å²) in [7, 11) is 1.42. The first kappa shape index (κ1) is 13.5. The van der Waals surface area contributed by atoms with Gasteiger partial charge in [-0.2, -0.15) is 13.2 Å². The van der Waals surface area contributed by atoms with E-state index in [9.17, 15) is 18.0 Å². The fraction of sp³-hybridized carbons (Fsp3) is 0.364. The van der Waals surface area contributed by atoms with E-state index < -0.39 is 23.7 Å². The Kier molecular flexibility index (Phi) is 4.11. The Morgan fingerprint density at radius 2 is 2.12 bits per heavy atom. The molecule has 0 aromatic heterocycles. The summed E-state index contributed by atoms with van der Waals surface area (Å²) in [5.41, 5.74) is 5.17. The summed E-state index contributed by atoms with van der Waals surface area (Å²) in [4.78, 5) is 11.1. The Morgan fingerprint density at radius 1 is 1.47 bits per heavy atom. The van der Waals surface area contributed by atoms with Crippen molar-refractivity contribution in [3.63, 3.8) is 0 Å². The minimum Gasteiger partial charge on any atom is -0.358 e. The molecule has 0 saturated carbocycles. The summed E-state index contributed by atoms with van der Waals surface area (Å²) in [6.45, 7) is 0. The topological polar surface area (TPSA) is 55.1 Å². The van der Waals surface area contributed by atoms with Crippen molar-refractivity contribution in [3.05, 3.63) is 35.4 Å². The third-order valence-corrected chi connectivity index (χ3v) is 2.29. The zero-order chi connectivity index (χ0) is 13.1. The van der Waals surface area contributed by atoms with E-state index in [-0.39, 0.29) is 6.42 Å². The highest BCUT2D eigenvalue weighted by Crippen LogP contribution is 2.29. The molecule has 0 heterocycles. The van der Waals surface area contributed by atoms with Gasteiger partial charge >= 0.3 is 6.18 Å². The Hall–Kier alpha value is -1.56. The number of hydrogen-bond acceptors (Lipinski definition) is 2. The average Bonchev–Trinajstić information content (AvgIpc) is 2.27. The minimum absolute atomic E-state index is 0.0730. The van der Waals surface area contributed by atoms with Crippen LogP contribution in [-0.2, 0) is 17.4 Å². The van der Waals surface area contributed by atoms with Gasteiger partial charge in [-0.05, 0) is 18.1 Å². The second kappa shape index (κ2) is 5.18. The smallest absolute Gasteiger partial charge is 0.358 e. The first-order valence-corrected chi connectivity index (χ1v) is 4.98. The molecule has 0 aliphatic carbocycles. The molecule has 17 heavy (non-hydrogen) atoms. The van der Waals surface area contributed by atoms with Gasteiger partial charge in [0.05, 0.1) is 11.6 Å². The van der Waals surface area contributed by atoms with E-state index in [1.165, 1.54) is 19.2 Å². The molecule has 0 radical (unpaired) electrons. The van der Waals surface area contributed by atoms with E-state index in [0.717, 1.165) is 12.1 Å². The molecule has 1 atom stereocenters. The Labute approximate surface area is 96.8 Å². The molecular weight excluding hydrogens is 233 g/mol. The molecule has 3 N–H and O–H groups in total. The molecule has 0 aliphatic heterocycles. The number of halogens is 3. The summed E-state index contributed by atoms with van der Waals surface area (Å²) in [5, 5.41) is 2.34. The van der Waals surface area contributed by atoms with Crippen LogP contribution in [-0.4, -0.2) is 19.0 Å². The van der Waals surface area contributed by atoms with E-state index in [1.54, 1.807) is 0 Å². The van der Waals surface area contributed by atoms with Crippen LogP contribution in [0.2, 0.25) is 0 Å². The highest BCUT2D eigenvalue weighted by atomic mass is 19.4. The van der Waals surface area contributed by atoms with E-state index in [1.807, 2.05) is 0 Å². The van der Waals surface area contributed by atoms with Crippen LogP contribution >= 0.6 is 0 Å². The number of likely N-dealkylation sites (N-methyl/N-ethyl adjacent to an activating group) is 1. The third-order valence-electron chi connectivity index (χ3n) is 2.29. The van der Waals surface area contributed by atoms with Crippen molar-refractivity contribution in [1.29, 1.82) is 0 Å². The molecule has 6 heteroatoms. The van der Waals surface area contributed by atoms with E-state index in [0.29, 0.717) is 5.56 Å². The van der Waals surface area contributed by atoms with Crippen LogP contribution in [0.4, 0.5) is 13.2 Å². The van der Waals surface area contributed by atoms with Crippen LogP contribution in [0.15, 0.2) is 24.3 Å². The molecule has 1 aromatic rings. The summed E-state index contributed by atoms with van der Waals surface area (Å²) >= 11 is 0. The lowest BCUT2D eigenvalue weighted by Gasteiger charge is -2.12. The summed E-state index contributed by atoms with van der Waals surface area (Å²) in [6, 6.07) is 3.95. The Balaban J connectivity index is 2.83. The maximum absolute atomic E-state index is 12.4. The van der Waals surface area contributed by atoms with Crippen LogP contribution in [0.25, 0.3) is 0 Å².